The molecular weight excluding hydrogens is 186 g/mol. The summed E-state index contributed by atoms with van der Waals surface area (Å²) >= 11 is 0. The quantitative estimate of drug-likeness (QED) is 0.813. The van der Waals surface area contributed by atoms with Gasteiger partial charge in [0.05, 0.1) is 0 Å². The van der Waals surface area contributed by atoms with Gasteiger partial charge < -0.3 is 4.98 Å². The second-order valence-corrected chi connectivity index (χ2v) is 4.16. The van der Waals surface area contributed by atoms with E-state index in [4.69, 9.17) is 0 Å². The van der Waals surface area contributed by atoms with Crippen LogP contribution in [0.15, 0.2) is 30.5 Å². The molecule has 1 heterocycles. The summed E-state index contributed by atoms with van der Waals surface area (Å²) in [5.41, 5.74) is 2.20. The average Bonchev–Trinajstić information content (AvgIpc) is 2.62. The smallest absolute Gasteiger partial charge is 0.139 e. The van der Waals surface area contributed by atoms with Gasteiger partial charge in [-0.05, 0) is 11.6 Å². The summed E-state index contributed by atoms with van der Waals surface area (Å²) in [5.74, 6) is 0.401. The first kappa shape index (κ1) is 9.97. The number of Topliss-reactive ketones (excluding diaryl/α,β-unsaturated/α-hetero) is 1. The Kier molecular flexibility index (Phi) is 2.58. The normalized spacial score (nSPS) is 11.1. The van der Waals surface area contributed by atoms with Gasteiger partial charge in [-0.1, -0.05) is 32.0 Å². The van der Waals surface area contributed by atoms with E-state index in [2.05, 4.69) is 11.1 Å². The van der Waals surface area contributed by atoms with E-state index in [1.165, 1.54) is 0 Å². The molecule has 2 nitrogen and oxygen atoms in total. The van der Waals surface area contributed by atoms with Crippen molar-refractivity contribution in [1.29, 1.82) is 0 Å². The molecule has 2 heteroatoms. The number of aromatic nitrogens is 1. The van der Waals surface area contributed by atoms with Crippen LogP contribution >= 0.6 is 0 Å². The summed E-state index contributed by atoms with van der Waals surface area (Å²) in [5, 5.41) is 1.16. The third-order valence-corrected chi connectivity index (χ3v) is 2.68. The minimum absolute atomic E-state index is 0.110. The zero-order chi connectivity index (χ0) is 10.8. The number of H-pyrrole nitrogens is 1. The molecule has 0 amide bonds. The van der Waals surface area contributed by atoms with Crippen molar-refractivity contribution in [2.75, 3.05) is 0 Å². The topological polar surface area (TPSA) is 32.9 Å². The number of nitrogens with one attached hydrogen (secondary N) is 1. The molecule has 15 heavy (non-hydrogen) atoms. The predicted molar refractivity (Wildman–Crippen MR) is 61.8 cm³/mol. The number of carbonyl (C=O) groups is 1. The highest BCUT2D eigenvalue weighted by molar-refractivity contribution is 5.90. The van der Waals surface area contributed by atoms with Crippen molar-refractivity contribution in [2.24, 2.45) is 5.92 Å². The number of benzene rings is 1. The molecule has 0 aliphatic rings. The minimum atomic E-state index is 0.110. The van der Waals surface area contributed by atoms with Crippen molar-refractivity contribution < 1.29 is 4.79 Å². The Hall–Kier alpha value is -1.57. The van der Waals surface area contributed by atoms with E-state index >= 15 is 0 Å². The summed E-state index contributed by atoms with van der Waals surface area (Å²) in [6, 6.07) is 8.07. The van der Waals surface area contributed by atoms with Crippen LogP contribution in [0.25, 0.3) is 10.9 Å². The van der Waals surface area contributed by atoms with Crippen molar-refractivity contribution in [3.8, 4) is 0 Å². The maximum atomic E-state index is 11.6. The van der Waals surface area contributed by atoms with Crippen molar-refractivity contribution in [1.82, 2.24) is 4.98 Å². The zero-order valence-corrected chi connectivity index (χ0v) is 9.08. The van der Waals surface area contributed by atoms with Gasteiger partial charge in [-0.25, -0.2) is 0 Å². The van der Waals surface area contributed by atoms with Gasteiger partial charge in [-0.3, -0.25) is 4.79 Å². The Labute approximate surface area is 89.3 Å². The van der Waals surface area contributed by atoms with Crippen LogP contribution in [-0.2, 0) is 11.2 Å². The summed E-state index contributed by atoms with van der Waals surface area (Å²) in [6.07, 6.45) is 2.46. The SMILES string of the molecule is CC(C)C(=O)Cc1c[nH]c2ccccc12. The molecule has 1 aromatic carbocycles. The van der Waals surface area contributed by atoms with E-state index in [9.17, 15) is 4.79 Å². The van der Waals surface area contributed by atoms with Gasteiger partial charge in [-0.15, -0.1) is 0 Å². The van der Waals surface area contributed by atoms with Crippen molar-refractivity contribution in [3.63, 3.8) is 0 Å². The molecule has 2 aromatic rings. The van der Waals surface area contributed by atoms with Gasteiger partial charge in [0, 0.05) is 29.4 Å². The Balaban J connectivity index is 2.33. The lowest BCUT2D eigenvalue weighted by Gasteiger charge is -2.02. The number of ketones is 1. The van der Waals surface area contributed by atoms with Crippen LogP contribution in [0.3, 0.4) is 0 Å². The van der Waals surface area contributed by atoms with Crippen LogP contribution in [0.5, 0.6) is 0 Å². The van der Waals surface area contributed by atoms with E-state index < -0.39 is 0 Å². The molecule has 0 unspecified atom stereocenters. The number of para-hydroxylation sites is 1. The third kappa shape index (κ3) is 1.94. The third-order valence-electron chi connectivity index (χ3n) is 2.68. The monoisotopic (exact) mass is 201 g/mol. The fourth-order valence-electron chi connectivity index (χ4n) is 1.67. The summed E-state index contributed by atoms with van der Waals surface area (Å²) in [7, 11) is 0. The van der Waals surface area contributed by atoms with E-state index in [0.717, 1.165) is 16.5 Å². The molecule has 1 N–H and O–H groups in total. The molecule has 0 bridgehead atoms. The van der Waals surface area contributed by atoms with Crippen LogP contribution in [0.4, 0.5) is 0 Å². The molecule has 2 rings (SSSR count). The predicted octanol–water partition coefficient (Wildman–Crippen LogP) is 2.94. The van der Waals surface area contributed by atoms with Gasteiger partial charge in [-0.2, -0.15) is 0 Å². The van der Waals surface area contributed by atoms with E-state index in [1.807, 2.05) is 38.2 Å². The molecule has 78 valence electrons. The van der Waals surface area contributed by atoms with Crippen LogP contribution < -0.4 is 0 Å². The molecule has 0 spiro atoms. The van der Waals surface area contributed by atoms with Crippen LogP contribution in [0.1, 0.15) is 19.4 Å². The standard InChI is InChI=1S/C13H15NO/c1-9(2)13(15)7-10-8-14-12-6-4-3-5-11(10)12/h3-6,8-9,14H,7H2,1-2H3. The summed E-state index contributed by atoms with van der Waals surface area (Å²) in [4.78, 5) is 14.8. The number of aromatic amines is 1. The van der Waals surface area contributed by atoms with Gasteiger partial charge >= 0.3 is 0 Å². The molecule has 0 aliphatic carbocycles. The van der Waals surface area contributed by atoms with Gasteiger partial charge in [0.1, 0.15) is 5.78 Å². The molecule has 0 fully saturated rings. The van der Waals surface area contributed by atoms with E-state index in [0.29, 0.717) is 12.2 Å². The highest BCUT2D eigenvalue weighted by atomic mass is 16.1. The molecule has 0 atom stereocenters. The van der Waals surface area contributed by atoms with E-state index in [1.54, 1.807) is 0 Å². The van der Waals surface area contributed by atoms with Gasteiger partial charge in [0.15, 0.2) is 0 Å². The Morgan fingerprint density at radius 3 is 2.80 bits per heavy atom. The molecule has 0 aliphatic heterocycles. The molecule has 0 radical (unpaired) electrons. The van der Waals surface area contributed by atoms with Gasteiger partial charge in [0.25, 0.3) is 0 Å². The first-order chi connectivity index (χ1) is 7.18. The summed E-state index contributed by atoms with van der Waals surface area (Å²) in [6.45, 7) is 3.88. The fourth-order valence-corrected chi connectivity index (χ4v) is 1.67. The second-order valence-electron chi connectivity index (χ2n) is 4.16. The van der Waals surface area contributed by atoms with Crippen LogP contribution in [-0.4, -0.2) is 10.8 Å². The maximum absolute atomic E-state index is 11.6. The van der Waals surface area contributed by atoms with E-state index in [-0.39, 0.29) is 5.92 Å². The molecule has 0 saturated heterocycles. The maximum Gasteiger partial charge on any atom is 0.139 e. The largest absolute Gasteiger partial charge is 0.361 e. The molecule has 0 saturated carbocycles. The molecular formula is C13H15NO. The number of carbonyl (C=O) groups excluding carboxylic acids is 1. The average molecular weight is 201 g/mol. The van der Waals surface area contributed by atoms with Crippen molar-refractivity contribution in [3.05, 3.63) is 36.0 Å². The lowest BCUT2D eigenvalue weighted by molar-refractivity contribution is -0.121. The van der Waals surface area contributed by atoms with Gasteiger partial charge in [0.2, 0.25) is 0 Å². The zero-order valence-electron chi connectivity index (χ0n) is 9.08. The minimum Gasteiger partial charge on any atom is -0.361 e. The van der Waals surface area contributed by atoms with Crippen molar-refractivity contribution >= 4 is 16.7 Å². The first-order valence-corrected chi connectivity index (χ1v) is 5.26. The van der Waals surface area contributed by atoms with Crippen LogP contribution in [0.2, 0.25) is 0 Å². The highest BCUT2D eigenvalue weighted by Gasteiger charge is 2.11. The fraction of sp³-hybridized carbons (Fsp3) is 0.308. The summed E-state index contributed by atoms with van der Waals surface area (Å²) < 4.78 is 0. The Morgan fingerprint density at radius 2 is 2.07 bits per heavy atom. The lowest BCUT2D eigenvalue weighted by Crippen LogP contribution is -2.09. The Morgan fingerprint density at radius 1 is 1.33 bits per heavy atom. The number of hydrogen-bond donors (Lipinski definition) is 1. The number of rotatable bonds is 3. The number of fused-ring (bicyclic) bond motifs is 1. The van der Waals surface area contributed by atoms with Crippen LogP contribution in [0, 0.1) is 5.92 Å². The Bertz CT molecular complexity index is 482. The lowest BCUT2D eigenvalue weighted by atomic mass is 10.0. The number of hydrogen-bond acceptors (Lipinski definition) is 1. The second kappa shape index (κ2) is 3.89. The first-order valence-electron chi connectivity index (χ1n) is 5.26. The van der Waals surface area contributed by atoms with Crippen molar-refractivity contribution in [2.45, 2.75) is 20.3 Å². The molecule has 1 aromatic heterocycles. The highest BCUT2D eigenvalue weighted by Crippen LogP contribution is 2.19.